The monoisotopic (exact) mass is 334 g/mol. The second-order valence-corrected chi connectivity index (χ2v) is 6.75. The van der Waals surface area contributed by atoms with E-state index in [1.807, 2.05) is 0 Å². The molecule has 0 spiro atoms. The molecule has 1 nitrogen and oxygen atoms in total. The van der Waals surface area contributed by atoms with Crippen molar-refractivity contribution in [3.8, 4) is 0 Å². The molecule has 0 heterocycles. The largest absolute Gasteiger partial charge is 0.310 e. The summed E-state index contributed by atoms with van der Waals surface area (Å²) in [5.74, 6) is 0. The number of benzene rings is 2. The molecule has 132 valence electrons. The Morgan fingerprint density at radius 1 is 0.600 bits per heavy atom. The van der Waals surface area contributed by atoms with Crippen molar-refractivity contribution in [2.45, 2.75) is 39.8 Å². The third kappa shape index (κ3) is 6.72. The predicted octanol–water partition coefficient (Wildman–Crippen LogP) is 6.14. The Morgan fingerprint density at radius 2 is 1.00 bits per heavy atom. The zero-order chi connectivity index (χ0) is 17.8. The lowest BCUT2D eigenvalue weighted by atomic mass is 10.1. The van der Waals surface area contributed by atoms with Crippen LogP contribution in [0.15, 0.2) is 85.0 Å². The van der Waals surface area contributed by atoms with Crippen LogP contribution in [0.2, 0.25) is 0 Å². The van der Waals surface area contributed by atoms with Gasteiger partial charge in [-0.25, -0.2) is 0 Å². The van der Waals surface area contributed by atoms with E-state index in [9.17, 15) is 0 Å². The fourth-order valence-electron chi connectivity index (χ4n) is 3.26. The highest BCUT2D eigenvalue weighted by Gasteiger charge is 2.26. The molecular formula is C24H32N+. The van der Waals surface area contributed by atoms with Gasteiger partial charge in [0.1, 0.15) is 13.1 Å². The molecule has 1 heteroatoms. The van der Waals surface area contributed by atoms with Gasteiger partial charge in [-0.3, -0.25) is 0 Å². The summed E-state index contributed by atoms with van der Waals surface area (Å²) in [7, 11) is 0. The van der Waals surface area contributed by atoms with Crippen LogP contribution in [0, 0.1) is 0 Å². The summed E-state index contributed by atoms with van der Waals surface area (Å²) < 4.78 is 1.03. The third-order valence-electron chi connectivity index (χ3n) is 4.51. The topological polar surface area (TPSA) is 0 Å². The van der Waals surface area contributed by atoms with Gasteiger partial charge in [0.15, 0.2) is 0 Å². The van der Waals surface area contributed by atoms with Crippen molar-refractivity contribution in [2.75, 3.05) is 13.1 Å². The molecule has 2 rings (SSSR count). The number of quaternary nitrogens is 1. The first-order chi connectivity index (χ1) is 12.3. The van der Waals surface area contributed by atoms with Crippen LogP contribution in [0.5, 0.6) is 0 Å². The minimum Gasteiger partial charge on any atom is -0.310 e. The molecule has 0 bridgehead atoms. The summed E-state index contributed by atoms with van der Waals surface area (Å²) in [5, 5.41) is 0. The Balaban J connectivity index is 2.31. The van der Waals surface area contributed by atoms with Gasteiger partial charge in [0.25, 0.3) is 0 Å². The van der Waals surface area contributed by atoms with E-state index in [2.05, 4.69) is 98.8 Å². The van der Waals surface area contributed by atoms with Crippen molar-refractivity contribution in [3.63, 3.8) is 0 Å². The smallest absolute Gasteiger partial charge is 0.105 e. The summed E-state index contributed by atoms with van der Waals surface area (Å²) in [5.41, 5.74) is 2.82. The molecule has 0 saturated heterocycles. The standard InChI is InChI=1S/C24H32N/c1-3-5-13-19-25(20-14-6-4-2,21-23-15-9-7-10-16-23)22-24-17-11-8-12-18-24/h5-18H,3-4,19-22H2,1-2H3/q+1/b13-5+,14-6+. The van der Waals surface area contributed by atoms with Gasteiger partial charge in [-0.2, -0.15) is 0 Å². The van der Waals surface area contributed by atoms with Crippen LogP contribution >= 0.6 is 0 Å². The number of hydrogen-bond donors (Lipinski definition) is 0. The van der Waals surface area contributed by atoms with Crippen molar-refractivity contribution >= 4 is 0 Å². The SMILES string of the molecule is CC/C=C/C[N+](C/C=C/CC)(Cc1ccccc1)Cc1ccccc1. The molecule has 0 radical (unpaired) electrons. The molecule has 0 aliphatic rings. The van der Waals surface area contributed by atoms with Gasteiger partial charge in [-0.1, -0.05) is 86.7 Å². The number of rotatable bonds is 10. The van der Waals surface area contributed by atoms with E-state index in [1.54, 1.807) is 0 Å². The zero-order valence-corrected chi connectivity index (χ0v) is 15.8. The Bertz CT molecular complexity index is 581. The van der Waals surface area contributed by atoms with Crippen LogP contribution in [0.1, 0.15) is 37.8 Å². The van der Waals surface area contributed by atoms with E-state index in [1.165, 1.54) is 11.1 Å². The molecule has 2 aromatic rings. The van der Waals surface area contributed by atoms with Crippen molar-refractivity contribution in [3.05, 3.63) is 96.1 Å². The molecule has 2 aromatic carbocycles. The maximum atomic E-state index is 2.37. The minimum absolute atomic E-state index is 1.03. The molecule has 0 aliphatic carbocycles. The molecular weight excluding hydrogens is 302 g/mol. The van der Waals surface area contributed by atoms with Crippen molar-refractivity contribution < 1.29 is 4.48 Å². The van der Waals surface area contributed by atoms with E-state index in [0.29, 0.717) is 0 Å². The average Bonchev–Trinajstić information content (AvgIpc) is 2.64. The van der Waals surface area contributed by atoms with Crippen molar-refractivity contribution in [1.29, 1.82) is 0 Å². The van der Waals surface area contributed by atoms with E-state index in [4.69, 9.17) is 0 Å². The molecule has 0 saturated carbocycles. The Kier molecular flexibility index (Phi) is 8.21. The highest BCUT2D eigenvalue weighted by Crippen LogP contribution is 2.21. The fourth-order valence-corrected chi connectivity index (χ4v) is 3.26. The fraction of sp³-hybridized carbons (Fsp3) is 0.333. The second-order valence-electron chi connectivity index (χ2n) is 6.75. The van der Waals surface area contributed by atoms with Gasteiger partial charge in [-0.15, -0.1) is 0 Å². The first kappa shape index (κ1) is 19.2. The predicted molar refractivity (Wildman–Crippen MR) is 109 cm³/mol. The van der Waals surface area contributed by atoms with Crippen LogP contribution in [-0.4, -0.2) is 17.6 Å². The Hall–Kier alpha value is -2.12. The first-order valence-corrected chi connectivity index (χ1v) is 9.51. The van der Waals surface area contributed by atoms with E-state index < -0.39 is 0 Å². The molecule has 0 fully saturated rings. The number of nitrogens with zero attached hydrogens (tertiary/aromatic N) is 1. The third-order valence-corrected chi connectivity index (χ3v) is 4.51. The van der Waals surface area contributed by atoms with Crippen LogP contribution in [0.25, 0.3) is 0 Å². The molecule has 0 aliphatic heterocycles. The van der Waals surface area contributed by atoms with Crippen molar-refractivity contribution in [2.24, 2.45) is 0 Å². The Labute approximate surface area is 153 Å². The van der Waals surface area contributed by atoms with Gasteiger partial charge in [-0.05, 0) is 25.0 Å². The highest BCUT2D eigenvalue weighted by atomic mass is 15.3. The van der Waals surface area contributed by atoms with Crippen LogP contribution in [0.4, 0.5) is 0 Å². The summed E-state index contributed by atoms with van der Waals surface area (Å²) in [4.78, 5) is 0. The lowest BCUT2D eigenvalue weighted by Crippen LogP contribution is -2.46. The summed E-state index contributed by atoms with van der Waals surface area (Å²) in [6, 6.07) is 21.8. The van der Waals surface area contributed by atoms with Gasteiger partial charge in [0.2, 0.25) is 0 Å². The lowest BCUT2D eigenvalue weighted by molar-refractivity contribution is -0.943. The first-order valence-electron chi connectivity index (χ1n) is 9.51. The maximum Gasteiger partial charge on any atom is 0.105 e. The van der Waals surface area contributed by atoms with Gasteiger partial charge < -0.3 is 4.48 Å². The Morgan fingerprint density at radius 3 is 1.36 bits per heavy atom. The average molecular weight is 335 g/mol. The molecule has 0 N–H and O–H groups in total. The van der Waals surface area contributed by atoms with Crippen LogP contribution in [0.3, 0.4) is 0 Å². The van der Waals surface area contributed by atoms with E-state index in [0.717, 1.165) is 43.5 Å². The van der Waals surface area contributed by atoms with Gasteiger partial charge >= 0.3 is 0 Å². The quantitative estimate of drug-likeness (QED) is 0.362. The highest BCUT2D eigenvalue weighted by molar-refractivity contribution is 5.15. The molecule has 0 amide bonds. The van der Waals surface area contributed by atoms with E-state index in [-0.39, 0.29) is 0 Å². The van der Waals surface area contributed by atoms with E-state index >= 15 is 0 Å². The molecule has 0 unspecified atom stereocenters. The van der Waals surface area contributed by atoms with Crippen molar-refractivity contribution in [1.82, 2.24) is 0 Å². The van der Waals surface area contributed by atoms with Crippen LogP contribution in [-0.2, 0) is 13.1 Å². The summed E-state index contributed by atoms with van der Waals surface area (Å²) >= 11 is 0. The normalized spacial score (nSPS) is 12.2. The zero-order valence-electron chi connectivity index (χ0n) is 15.8. The van der Waals surface area contributed by atoms with Gasteiger partial charge in [0.05, 0.1) is 13.1 Å². The minimum atomic E-state index is 1.03. The number of hydrogen-bond acceptors (Lipinski definition) is 0. The molecule has 0 aromatic heterocycles. The molecule has 25 heavy (non-hydrogen) atoms. The van der Waals surface area contributed by atoms with Gasteiger partial charge in [0, 0.05) is 11.1 Å². The summed E-state index contributed by atoms with van der Waals surface area (Å²) in [6.45, 7) is 8.64. The van der Waals surface area contributed by atoms with Crippen LogP contribution < -0.4 is 0 Å². The molecule has 0 atom stereocenters. The second kappa shape index (κ2) is 10.7. The lowest BCUT2D eigenvalue weighted by Gasteiger charge is -2.37. The number of allylic oxidation sites excluding steroid dienone is 2. The summed E-state index contributed by atoms with van der Waals surface area (Å²) in [6.07, 6.45) is 11.5. The maximum absolute atomic E-state index is 2.37.